The summed E-state index contributed by atoms with van der Waals surface area (Å²) in [6.07, 6.45) is 0.194. The fraction of sp³-hybridized carbons (Fsp3) is 0.333. The van der Waals surface area contributed by atoms with Gasteiger partial charge in [0.2, 0.25) is 5.91 Å². The summed E-state index contributed by atoms with van der Waals surface area (Å²) in [5, 5.41) is 19.9. The highest BCUT2D eigenvalue weighted by Crippen LogP contribution is 2.13. The Morgan fingerprint density at radius 2 is 2.18 bits per heavy atom. The van der Waals surface area contributed by atoms with Crippen molar-refractivity contribution in [3.8, 4) is 6.07 Å². The van der Waals surface area contributed by atoms with Gasteiger partial charge in [-0.15, -0.1) is 0 Å². The largest absolute Gasteiger partial charge is 0.394 e. The molecule has 0 unspecified atom stereocenters. The van der Waals surface area contributed by atoms with Gasteiger partial charge in [0, 0.05) is 0 Å². The number of nitrogens with zero attached hydrogens (tertiary/aromatic N) is 1. The first-order valence-electron chi connectivity index (χ1n) is 5.25. The first-order chi connectivity index (χ1) is 8.27. The smallest absolute Gasteiger partial charge is 0.226 e. The Morgan fingerprint density at radius 1 is 1.41 bits per heavy atom. The molecule has 0 aliphatic heterocycles. The van der Waals surface area contributed by atoms with Crippen molar-refractivity contribution in [1.82, 2.24) is 0 Å². The molecule has 1 amide bonds. The second kappa shape index (κ2) is 7.39. The van der Waals surface area contributed by atoms with Crippen LogP contribution >= 0.6 is 0 Å². The zero-order chi connectivity index (χ0) is 12.5. The average molecular weight is 234 g/mol. The van der Waals surface area contributed by atoms with Crippen molar-refractivity contribution in [1.29, 1.82) is 5.26 Å². The molecule has 0 saturated carbocycles. The van der Waals surface area contributed by atoms with E-state index in [9.17, 15) is 4.79 Å². The van der Waals surface area contributed by atoms with E-state index >= 15 is 0 Å². The molecule has 0 heterocycles. The number of carbonyl (C=O) groups is 1. The van der Waals surface area contributed by atoms with Crippen molar-refractivity contribution in [2.45, 2.75) is 6.42 Å². The van der Waals surface area contributed by atoms with Gasteiger partial charge in [-0.2, -0.15) is 5.26 Å². The number of rotatable bonds is 6. The van der Waals surface area contributed by atoms with E-state index in [0.29, 0.717) is 11.3 Å². The molecule has 0 aliphatic carbocycles. The van der Waals surface area contributed by atoms with Gasteiger partial charge >= 0.3 is 0 Å². The monoisotopic (exact) mass is 234 g/mol. The molecule has 0 saturated heterocycles. The number of para-hydroxylation sites is 1. The van der Waals surface area contributed by atoms with E-state index in [4.69, 9.17) is 15.1 Å². The van der Waals surface area contributed by atoms with Crippen molar-refractivity contribution in [2.75, 3.05) is 25.1 Å². The average Bonchev–Trinajstić information content (AvgIpc) is 2.35. The summed E-state index contributed by atoms with van der Waals surface area (Å²) in [5.41, 5.74) is 0.930. The number of nitrogens with one attached hydrogen (secondary N) is 1. The van der Waals surface area contributed by atoms with E-state index in [1.807, 2.05) is 6.07 Å². The van der Waals surface area contributed by atoms with Crippen molar-refractivity contribution in [3.05, 3.63) is 29.8 Å². The van der Waals surface area contributed by atoms with Gasteiger partial charge in [-0.25, -0.2) is 0 Å². The van der Waals surface area contributed by atoms with Crippen LogP contribution < -0.4 is 5.32 Å². The summed E-state index contributed by atoms with van der Waals surface area (Å²) in [7, 11) is 0. The number of benzene rings is 1. The summed E-state index contributed by atoms with van der Waals surface area (Å²) >= 11 is 0. The molecule has 1 aromatic carbocycles. The van der Waals surface area contributed by atoms with Crippen LogP contribution in [-0.4, -0.2) is 30.8 Å². The van der Waals surface area contributed by atoms with Crippen LogP contribution in [0, 0.1) is 11.3 Å². The van der Waals surface area contributed by atoms with Gasteiger partial charge in [0.15, 0.2) is 0 Å². The number of amides is 1. The maximum atomic E-state index is 11.5. The van der Waals surface area contributed by atoms with E-state index in [-0.39, 0.29) is 32.1 Å². The van der Waals surface area contributed by atoms with Gasteiger partial charge in [-0.1, -0.05) is 12.1 Å². The summed E-state index contributed by atoms with van der Waals surface area (Å²) in [4.78, 5) is 11.5. The van der Waals surface area contributed by atoms with E-state index in [0.717, 1.165) is 0 Å². The van der Waals surface area contributed by atoms with Crippen molar-refractivity contribution < 1.29 is 14.6 Å². The van der Waals surface area contributed by atoms with Gasteiger partial charge in [0.1, 0.15) is 6.07 Å². The lowest BCUT2D eigenvalue weighted by Crippen LogP contribution is -2.15. The molecule has 1 aromatic rings. The van der Waals surface area contributed by atoms with Crippen LogP contribution in [0.2, 0.25) is 0 Å². The summed E-state index contributed by atoms with van der Waals surface area (Å²) in [5.74, 6) is -0.217. The molecule has 90 valence electrons. The van der Waals surface area contributed by atoms with Gasteiger partial charge in [-0.3, -0.25) is 4.79 Å². The molecule has 5 nitrogen and oxygen atoms in total. The predicted octanol–water partition coefficient (Wildman–Crippen LogP) is 0.896. The molecular weight excluding hydrogens is 220 g/mol. The van der Waals surface area contributed by atoms with Crippen molar-refractivity contribution in [2.24, 2.45) is 0 Å². The normalized spacial score (nSPS) is 9.65. The third kappa shape index (κ3) is 4.64. The number of hydrogen-bond donors (Lipinski definition) is 2. The summed E-state index contributed by atoms with van der Waals surface area (Å²) in [6, 6.07) is 8.79. The summed E-state index contributed by atoms with van der Waals surface area (Å²) in [6.45, 7) is 0.419. The zero-order valence-corrected chi connectivity index (χ0v) is 9.35. The minimum Gasteiger partial charge on any atom is -0.394 e. The molecule has 0 aliphatic rings. The number of hydrogen-bond acceptors (Lipinski definition) is 4. The Labute approximate surface area is 99.6 Å². The second-order valence-electron chi connectivity index (χ2n) is 3.29. The maximum absolute atomic E-state index is 11.5. The quantitative estimate of drug-likeness (QED) is 0.716. The van der Waals surface area contributed by atoms with Crippen molar-refractivity contribution >= 4 is 11.6 Å². The molecule has 0 bridgehead atoms. The van der Waals surface area contributed by atoms with Crippen LogP contribution in [0.4, 0.5) is 5.69 Å². The fourth-order valence-electron chi connectivity index (χ4n) is 1.23. The maximum Gasteiger partial charge on any atom is 0.226 e. The zero-order valence-electron chi connectivity index (χ0n) is 9.35. The highest BCUT2D eigenvalue weighted by Gasteiger charge is 2.05. The molecule has 17 heavy (non-hydrogen) atoms. The summed E-state index contributed by atoms with van der Waals surface area (Å²) < 4.78 is 4.97. The number of anilines is 1. The number of aliphatic hydroxyl groups excluding tert-OH is 1. The minimum absolute atomic E-state index is 0.0567. The third-order valence-electron chi connectivity index (χ3n) is 2.03. The Morgan fingerprint density at radius 3 is 2.88 bits per heavy atom. The standard InChI is InChI=1S/C12H14N2O3/c13-9-10-3-1-2-4-11(10)14-12(16)5-7-17-8-6-15/h1-4,15H,5-8H2,(H,14,16). The van der Waals surface area contributed by atoms with Gasteiger partial charge in [0.05, 0.1) is 37.5 Å². The van der Waals surface area contributed by atoms with Crippen LogP contribution in [0.25, 0.3) is 0 Å². The SMILES string of the molecule is N#Cc1ccccc1NC(=O)CCOCCO. The van der Waals surface area contributed by atoms with Crippen LogP contribution in [0.3, 0.4) is 0 Å². The highest BCUT2D eigenvalue weighted by atomic mass is 16.5. The molecule has 0 aromatic heterocycles. The van der Waals surface area contributed by atoms with Gasteiger partial charge < -0.3 is 15.2 Å². The lowest BCUT2D eigenvalue weighted by Gasteiger charge is -2.06. The molecule has 1 rings (SSSR count). The van der Waals surface area contributed by atoms with E-state index in [2.05, 4.69) is 5.32 Å². The third-order valence-corrected chi connectivity index (χ3v) is 2.03. The number of ether oxygens (including phenoxy) is 1. The molecule has 2 N–H and O–H groups in total. The van der Waals surface area contributed by atoms with E-state index < -0.39 is 0 Å². The van der Waals surface area contributed by atoms with Crippen molar-refractivity contribution in [3.63, 3.8) is 0 Å². The Kier molecular flexibility index (Phi) is 5.72. The van der Waals surface area contributed by atoms with E-state index in [1.165, 1.54) is 0 Å². The highest BCUT2D eigenvalue weighted by molar-refractivity contribution is 5.92. The molecular formula is C12H14N2O3. The Hall–Kier alpha value is -1.90. The number of nitriles is 1. The first-order valence-corrected chi connectivity index (χ1v) is 5.25. The Balaban J connectivity index is 2.43. The van der Waals surface area contributed by atoms with E-state index in [1.54, 1.807) is 24.3 Å². The lowest BCUT2D eigenvalue weighted by molar-refractivity contribution is -0.117. The first kappa shape index (κ1) is 13.2. The molecule has 5 heteroatoms. The second-order valence-corrected chi connectivity index (χ2v) is 3.29. The topological polar surface area (TPSA) is 82.4 Å². The predicted molar refractivity (Wildman–Crippen MR) is 62.3 cm³/mol. The van der Waals surface area contributed by atoms with Crippen LogP contribution in [0.5, 0.6) is 0 Å². The van der Waals surface area contributed by atoms with Crippen LogP contribution in [0.1, 0.15) is 12.0 Å². The lowest BCUT2D eigenvalue weighted by atomic mass is 10.2. The van der Waals surface area contributed by atoms with Gasteiger partial charge in [0.25, 0.3) is 0 Å². The molecule has 0 spiro atoms. The fourth-order valence-corrected chi connectivity index (χ4v) is 1.23. The van der Waals surface area contributed by atoms with Crippen LogP contribution in [-0.2, 0) is 9.53 Å². The molecule has 0 atom stereocenters. The Bertz CT molecular complexity index is 412. The van der Waals surface area contributed by atoms with Crippen LogP contribution in [0.15, 0.2) is 24.3 Å². The number of aliphatic hydroxyl groups is 1. The molecule has 0 fully saturated rings. The molecule has 0 radical (unpaired) electrons. The van der Waals surface area contributed by atoms with Gasteiger partial charge in [-0.05, 0) is 12.1 Å². The minimum atomic E-state index is -0.217. The number of carbonyl (C=O) groups excluding carboxylic acids is 1.